The first kappa shape index (κ1) is 11.1. The van der Waals surface area contributed by atoms with E-state index in [4.69, 9.17) is 0 Å². The lowest BCUT2D eigenvalue weighted by atomic mass is 9.98. The van der Waals surface area contributed by atoms with Crippen LogP contribution in [0.25, 0.3) is 0 Å². The number of aryl methyl sites for hydroxylation is 2. The zero-order valence-corrected chi connectivity index (χ0v) is 9.56. The summed E-state index contributed by atoms with van der Waals surface area (Å²) in [6, 6.07) is 6.63. The number of rotatable bonds is 1. The second kappa shape index (κ2) is 5.69. The first-order chi connectivity index (χ1) is 6.92. The minimum Gasteiger partial charge on any atom is -0.385 e. The minimum atomic E-state index is 1.14. The van der Waals surface area contributed by atoms with Gasteiger partial charge in [0.25, 0.3) is 0 Å². The Hall–Kier alpha value is -0.980. The van der Waals surface area contributed by atoms with Gasteiger partial charge >= 0.3 is 0 Å². The predicted molar refractivity (Wildman–Crippen MR) is 64.0 cm³/mol. The van der Waals surface area contributed by atoms with Crippen molar-refractivity contribution in [1.82, 2.24) is 0 Å². The number of nitrogens with one attached hydrogen (secondary N) is 1. The number of hydrogen-bond donors (Lipinski definition) is 1. The third kappa shape index (κ3) is 2.28. The van der Waals surface area contributed by atoms with Gasteiger partial charge in [-0.15, -0.1) is 0 Å². The normalized spacial score (nSPS) is 13.4. The van der Waals surface area contributed by atoms with Crippen molar-refractivity contribution < 1.29 is 0 Å². The van der Waals surface area contributed by atoms with Gasteiger partial charge in [-0.05, 0) is 30.4 Å². The SMILES string of the molecule is CC.CCc1cccc2c1NCCC2. The van der Waals surface area contributed by atoms with Gasteiger partial charge in [0, 0.05) is 12.2 Å². The van der Waals surface area contributed by atoms with Crippen molar-refractivity contribution in [2.75, 3.05) is 11.9 Å². The number of benzene rings is 1. The molecule has 0 saturated carbocycles. The maximum absolute atomic E-state index is 3.48. The van der Waals surface area contributed by atoms with Gasteiger partial charge in [0.15, 0.2) is 0 Å². The molecule has 2 rings (SSSR count). The van der Waals surface area contributed by atoms with E-state index in [0.717, 1.165) is 13.0 Å². The Morgan fingerprint density at radius 3 is 2.79 bits per heavy atom. The number of anilines is 1. The Morgan fingerprint density at radius 1 is 1.29 bits per heavy atom. The van der Waals surface area contributed by atoms with Gasteiger partial charge in [0.2, 0.25) is 0 Å². The summed E-state index contributed by atoms with van der Waals surface area (Å²) in [4.78, 5) is 0. The quantitative estimate of drug-likeness (QED) is 0.714. The summed E-state index contributed by atoms with van der Waals surface area (Å²) >= 11 is 0. The van der Waals surface area contributed by atoms with Crippen LogP contribution in [0.3, 0.4) is 0 Å². The molecule has 0 saturated heterocycles. The van der Waals surface area contributed by atoms with Crippen LogP contribution in [0.5, 0.6) is 0 Å². The van der Waals surface area contributed by atoms with E-state index in [1.165, 1.54) is 29.7 Å². The van der Waals surface area contributed by atoms with E-state index in [1.54, 1.807) is 0 Å². The summed E-state index contributed by atoms with van der Waals surface area (Å²) in [5, 5.41) is 3.48. The molecule has 0 bridgehead atoms. The maximum Gasteiger partial charge on any atom is 0.0405 e. The van der Waals surface area contributed by atoms with E-state index in [9.17, 15) is 0 Å². The molecule has 1 nitrogen and oxygen atoms in total. The van der Waals surface area contributed by atoms with Gasteiger partial charge in [-0.25, -0.2) is 0 Å². The van der Waals surface area contributed by atoms with Crippen LogP contribution in [0.15, 0.2) is 18.2 Å². The van der Waals surface area contributed by atoms with Crippen molar-refractivity contribution in [2.45, 2.75) is 40.0 Å². The molecule has 0 spiro atoms. The van der Waals surface area contributed by atoms with Crippen LogP contribution < -0.4 is 5.32 Å². The van der Waals surface area contributed by atoms with Gasteiger partial charge in [-0.1, -0.05) is 39.0 Å². The zero-order chi connectivity index (χ0) is 10.4. The molecule has 0 aromatic heterocycles. The van der Waals surface area contributed by atoms with E-state index in [0.29, 0.717) is 0 Å². The summed E-state index contributed by atoms with van der Waals surface area (Å²) in [6.45, 7) is 7.36. The summed E-state index contributed by atoms with van der Waals surface area (Å²) in [5.74, 6) is 0. The lowest BCUT2D eigenvalue weighted by molar-refractivity contribution is 0.824. The molecule has 1 N–H and O–H groups in total. The van der Waals surface area contributed by atoms with Crippen LogP contribution in [-0.2, 0) is 12.8 Å². The highest BCUT2D eigenvalue weighted by Gasteiger charge is 2.10. The molecule has 78 valence electrons. The molecular weight excluding hydrogens is 170 g/mol. The zero-order valence-electron chi connectivity index (χ0n) is 9.56. The largest absolute Gasteiger partial charge is 0.385 e. The summed E-state index contributed by atoms with van der Waals surface area (Å²) < 4.78 is 0. The van der Waals surface area contributed by atoms with Crippen molar-refractivity contribution in [3.05, 3.63) is 29.3 Å². The standard InChI is InChI=1S/C11H15N.C2H6/c1-2-9-5-3-6-10-7-4-8-12-11(9)10;1-2/h3,5-6,12H,2,4,7-8H2,1H3;1-2H3. The smallest absolute Gasteiger partial charge is 0.0405 e. The fourth-order valence-electron chi connectivity index (χ4n) is 1.88. The molecular formula is C13H21N. The topological polar surface area (TPSA) is 12.0 Å². The minimum absolute atomic E-state index is 1.14. The lowest BCUT2D eigenvalue weighted by Crippen LogP contribution is -2.13. The molecule has 0 radical (unpaired) electrons. The molecule has 0 unspecified atom stereocenters. The number of para-hydroxylation sites is 1. The Balaban J connectivity index is 0.000000461. The van der Waals surface area contributed by atoms with Crippen molar-refractivity contribution in [3.8, 4) is 0 Å². The van der Waals surface area contributed by atoms with Crippen molar-refractivity contribution in [1.29, 1.82) is 0 Å². The van der Waals surface area contributed by atoms with Crippen LogP contribution in [0, 0.1) is 0 Å². The van der Waals surface area contributed by atoms with Crippen LogP contribution >= 0.6 is 0 Å². The Kier molecular flexibility index (Phi) is 4.51. The first-order valence-electron chi connectivity index (χ1n) is 5.76. The number of hydrogen-bond acceptors (Lipinski definition) is 1. The van der Waals surface area contributed by atoms with E-state index in [1.807, 2.05) is 13.8 Å². The fourth-order valence-corrected chi connectivity index (χ4v) is 1.88. The van der Waals surface area contributed by atoms with Gasteiger partial charge in [0.1, 0.15) is 0 Å². The monoisotopic (exact) mass is 191 g/mol. The van der Waals surface area contributed by atoms with Crippen LogP contribution in [0.4, 0.5) is 5.69 Å². The molecule has 1 heterocycles. The van der Waals surface area contributed by atoms with E-state index >= 15 is 0 Å². The molecule has 1 aliphatic rings. The first-order valence-corrected chi connectivity index (χ1v) is 5.76. The van der Waals surface area contributed by atoms with E-state index in [2.05, 4.69) is 30.4 Å². The average molecular weight is 191 g/mol. The van der Waals surface area contributed by atoms with Crippen LogP contribution in [0.2, 0.25) is 0 Å². The van der Waals surface area contributed by atoms with Gasteiger partial charge in [-0.3, -0.25) is 0 Å². The van der Waals surface area contributed by atoms with Crippen molar-refractivity contribution in [3.63, 3.8) is 0 Å². The second-order valence-corrected chi connectivity index (χ2v) is 3.34. The van der Waals surface area contributed by atoms with Crippen LogP contribution in [-0.4, -0.2) is 6.54 Å². The molecule has 0 aliphatic carbocycles. The van der Waals surface area contributed by atoms with Gasteiger partial charge in [0.05, 0.1) is 0 Å². The van der Waals surface area contributed by atoms with E-state index in [-0.39, 0.29) is 0 Å². The Morgan fingerprint density at radius 2 is 2.07 bits per heavy atom. The molecule has 1 aliphatic heterocycles. The molecule has 0 fully saturated rings. The highest BCUT2D eigenvalue weighted by atomic mass is 14.9. The van der Waals surface area contributed by atoms with Gasteiger partial charge < -0.3 is 5.32 Å². The summed E-state index contributed by atoms with van der Waals surface area (Å²) in [7, 11) is 0. The number of fused-ring (bicyclic) bond motifs is 1. The third-order valence-corrected chi connectivity index (χ3v) is 2.54. The molecule has 1 heteroatoms. The van der Waals surface area contributed by atoms with Crippen molar-refractivity contribution >= 4 is 5.69 Å². The second-order valence-electron chi connectivity index (χ2n) is 3.34. The highest BCUT2D eigenvalue weighted by molar-refractivity contribution is 5.59. The fraction of sp³-hybridized carbons (Fsp3) is 0.538. The summed E-state index contributed by atoms with van der Waals surface area (Å²) in [5.41, 5.74) is 4.37. The Bertz CT molecular complexity index is 264. The average Bonchev–Trinajstić information content (AvgIpc) is 2.31. The predicted octanol–water partition coefficient (Wildman–Crippen LogP) is 3.63. The van der Waals surface area contributed by atoms with Crippen LogP contribution in [0.1, 0.15) is 38.3 Å². The molecule has 0 amide bonds. The molecule has 14 heavy (non-hydrogen) atoms. The molecule has 1 aromatic rings. The van der Waals surface area contributed by atoms with Crippen molar-refractivity contribution in [2.24, 2.45) is 0 Å². The highest BCUT2D eigenvalue weighted by Crippen LogP contribution is 2.25. The van der Waals surface area contributed by atoms with Gasteiger partial charge in [-0.2, -0.15) is 0 Å². The lowest BCUT2D eigenvalue weighted by Gasteiger charge is -2.20. The maximum atomic E-state index is 3.48. The summed E-state index contributed by atoms with van der Waals surface area (Å²) in [6.07, 6.45) is 3.66. The Labute approximate surface area is 87.5 Å². The third-order valence-electron chi connectivity index (χ3n) is 2.54. The molecule has 0 atom stereocenters. The molecule has 1 aromatic carbocycles. The van der Waals surface area contributed by atoms with E-state index < -0.39 is 0 Å².